The summed E-state index contributed by atoms with van der Waals surface area (Å²) in [5, 5.41) is 1.56. The Hall–Kier alpha value is -0.603. The highest BCUT2D eigenvalue weighted by atomic mass is 28.3. The maximum Gasteiger partial charge on any atom is 0.159 e. The Labute approximate surface area is 88.8 Å². The van der Waals surface area contributed by atoms with E-state index < -0.39 is 8.24 Å². The van der Waals surface area contributed by atoms with Crippen LogP contribution in [0.4, 0.5) is 0 Å². The Balaban J connectivity index is 3.11. The van der Waals surface area contributed by atoms with Crippen LogP contribution < -0.4 is 5.19 Å². The van der Waals surface area contributed by atoms with E-state index in [9.17, 15) is 0 Å². The number of benzene rings is 1. The minimum absolute atomic E-state index is 1.29. The molecule has 0 heterocycles. The van der Waals surface area contributed by atoms with Crippen LogP contribution in [-0.4, -0.2) is 26.9 Å². The van der Waals surface area contributed by atoms with E-state index in [4.69, 9.17) is 0 Å². The number of nitrogens with zero attached hydrogens (tertiary/aromatic N) is 1. The molecule has 0 spiro atoms. The molecular weight excluding hydrogens is 186 g/mol. The predicted octanol–water partition coefficient (Wildman–Crippen LogP) is 2.44. The molecule has 0 saturated carbocycles. The molecule has 0 N–H and O–H groups in total. The van der Waals surface area contributed by atoms with Crippen LogP contribution in [0.15, 0.2) is 30.3 Å². The molecule has 0 radical (unpaired) electrons. The molecule has 1 aromatic rings. The second-order valence-electron chi connectivity index (χ2n) is 4.00. The van der Waals surface area contributed by atoms with E-state index >= 15 is 0 Å². The van der Waals surface area contributed by atoms with E-state index in [1.807, 2.05) is 0 Å². The average molecular weight is 207 g/mol. The van der Waals surface area contributed by atoms with E-state index in [1.54, 1.807) is 5.19 Å². The van der Waals surface area contributed by atoms with Gasteiger partial charge in [0.05, 0.1) is 0 Å². The van der Waals surface area contributed by atoms with Crippen LogP contribution in [0.5, 0.6) is 0 Å². The highest BCUT2D eigenvalue weighted by Crippen LogP contribution is 2.17. The molecule has 1 nitrogen and oxygen atoms in total. The van der Waals surface area contributed by atoms with E-state index in [0.29, 0.717) is 0 Å². The summed E-state index contributed by atoms with van der Waals surface area (Å²) in [5.41, 5.74) is 0. The summed E-state index contributed by atoms with van der Waals surface area (Å²) in [6.07, 6.45) is 0. The van der Waals surface area contributed by atoms with E-state index in [1.165, 1.54) is 12.1 Å². The second-order valence-corrected chi connectivity index (χ2v) is 8.95. The highest BCUT2D eigenvalue weighted by Gasteiger charge is 2.33. The van der Waals surface area contributed by atoms with Gasteiger partial charge in [-0.25, -0.2) is 0 Å². The van der Waals surface area contributed by atoms with Crippen molar-refractivity contribution in [2.45, 2.75) is 25.9 Å². The topological polar surface area (TPSA) is 3.24 Å². The van der Waals surface area contributed by atoms with Gasteiger partial charge in [0.2, 0.25) is 0 Å². The summed E-state index contributed by atoms with van der Waals surface area (Å²) < 4.78 is 2.47. The molecule has 0 fully saturated rings. The zero-order valence-electron chi connectivity index (χ0n) is 9.75. The van der Waals surface area contributed by atoms with Gasteiger partial charge in [0.1, 0.15) is 0 Å². The molecule has 0 aromatic heterocycles. The number of hydrogen-bond acceptors (Lipinski definition) is 1. The van der Waals surface area contributed by atoms with Crippen molar-refractivity contribution in [1.82, 2.24) is 4.57 Å². The van der Waals surface area contributed by atoms with E-state index in [0.717, 1.165) is 0 Å². The first-order valence-corrected chi connectivity index (χ1v) is 7.76. The van der Waals surface area contributed by atoms with Gasteiger partial charge in [-0.1, -0.05) is 44.2 Å². The fraction of sp³-hybridized carbons (Fsp3) is 0.500. The summed E-state index contributed by atoms with van der Waals surface area (Å²) in [6.45, 7) is 4.64. The van der Waals surface area contributed by atoms with Crippen molar-refractivity contribution < 1.29 is 0 Å². The molecule has 14 heavy (non-hydrogen) atoms. The zero-order chi connectivity index (χ0) is 10.6. The smallest absolute Gasteiger partial charge is 0.159 e. The van der Waals surface area contributed by atoms with Crippen molar-refractivity contribution in [3.8, 4) is 0 Å². The minimum atomic E-state index is -1.36. The van der Waals surface area contributed by atoms with Crippen molar-refractivity contribution in [2.24, 2.45) is 0 Å². The van der Waals surface area contributed by atoms with Gasteiger partial charge in [-0.15, -0.1) is 0 Å². The lowest BCUT2D eigenvalue weighted by molar-refractivity contribution is 0.617. The Morgan fingerprint density at radius 3 is 1.86 bits per heavy atom. The van der Waals surface area contributed by atoms with E-state index in [2.05, 4.69) is 62.8 Å². The maximum absolute atomic E-state index is 2.47. The van der Waals surface area contributed by atoms with Gasteiger partial charge in [0.25, 0.3) is 0 Å². The van der Waals surface area contributed by atoms with Crippen molar-refractivity contribution in [3.63, 3.8) is 0 Å². The normalized spacial score (nSPS) is 12.1. The van der Waals surface area contributed by atoms with Crippen LogP contribution in [0.25, 0.3) is 0 Å². The van der Waals surface area contributed by atoms with Crippen molar-refractivity contribution in [2.75, 3.05) is 14.1 Å². The quantitative estimate of drug-likeness (QED) is 0.686. The fourth-order valence-corrected chi connectivity index (χ4v) is 6.21. The zero-order valence-corrected chi connectivity index (χ0v) is 10.7. The van der Waals surface area contributed by atoms with Gasteiger partial charge in [-0.2, -0.15) is 0 Å². The lowest BCUT2D eigenvalue weighted by Gasteiger charge is -2.36. The van der Waals surface area contributed by atoms with Gasteiger partial charge >= 0.3 is 0 Å². The summed E-state index contributed by atoms with van der Waals surface area (Å²) in [7, 11) is 3.09. The molecule has 0 atom stereocenters. The third-order valence-corrected chi connectivity index (χ3v) is 8.80. The number of hydrogen-bond donors (Lipinski definition) is 0. The molecular formula is C12H21NSi. The van der Waals surface area contributed by atoms with Crippen LogP contribution >= 0.6 is 0 Å². The third kappa shape index (κ3) is 1.91. The first-order chi connectivity index (χ1) is 6.67. The molecule has 1 aromatic carbocycles. The monoisotopic (exact) mass is 207 g/mol. The maximum atomic E-state index is 2.47. The Bertz CT molecular complexity index is 265. The Kier molecular flexibility index (Phi) is 3.90. The largest absolute Gasteiger partial charge is 0.325 e. The molecule has 0 bridgehead atoms. The first kappa shape index (κ1) is 11.5. The standard InChI is InChI=1S/C12H21NSi/c1-5-14(6-2,13(3)4)12-10-8-7-9-11-12/h7-11H,5-6H2,1-4H3. The van der Waals surface area contributed by atoms with Gasteiger partial charge in [-0.05, 0) is 31.4 Å². The minimum Gasteiger partial charge on any atom is -0.325 e. The Morgan fingerprint density at radius 2 is 1.50 bits per heavy atom. The SMILES string of the molecule is CC[Si](CC)(c1ccccc1)N(C)C. The predicted molar refractivity (Wildman–Crippen MR) is 66.5 cm³/mol. The second kappa shape index (κ2) is 4.76. The molecule has 0 aliphatic heterocycles. The molecule has 0 aliphatic carbocycles. The summed E-state index contributed by atoms with van der Waals surface area (Å²) in [6, 6.07) is 13.6. The lowest BCUT2D eigenvalue weighted by Crippen LogP contribution is -2.58. The highest BCUT2D eigenvalue weighted by molar-refractivity contribution is 6.89. The van der Waals surface area contributed by atoms with Crippen molar-refractivity contribution in [3.05, 3.63) is 30.3 Å². The van der Waals surface area contributed by atoms with Crippen LogP contribution in [0.2, 0.25) is 12.1 Å². The molecule has 78 valence electrons. The molecule has 1 rings (SSSR count). The Morgan fingerprint density at radius 1 is 1.00 bits per heavy atom. The van der Waals surface area contributed by atoms with Gasteiger partial charge in [0.15, 0.2) is 8.24 Å². The van der Waals surface area contributed by atoms with Crippen LogP contribution in [0.3, 0.4) is 0 Å². The number of rotatable bonds is 4. The van der Waals surface area contributed by atoms with Crippen LogP contribution in [-0.2, 0) is 0 Å². The van der Waals surface area contributed by atoms with Gasteiger partial charge < -0.3 is 4.57 Å². The molecule has 0 aliphatic rings. The van der Waals surface area contributed by atoms with Crippen LogP contribution in [0.1, 0.15) is 13.8 Å². The summed E-state index contributed by atoms with van der Waals surface area (Å²) in [5.74, 6) is 0. The first-order valence-electron chi connectivity index (χ1n) is 5.40. The molecule has 0 amide bonds. The molecule has 0 unspecified atom stereocenters. The van der Waals surface area contributed by atoms with Crippen molar-refractivity contribution >= 4 is 13.4 Å². The summed E-state index contributed by atoms with van der Waals surface area (Å²) >= 11 is 0. The average Bonchev–Trinajstić information content (AvgIpc) is 2.22. The summed E-state index contributed by atoms with van der Waals surface area (Å²) in [4.78, 5) is 0. The van der Waals surface area contributed by atoms with Gasteiger partial charge in [0, 0.05) is 0 Å². The lowest BCUT2D eigenvalue weighted by atomic mass is 10.4. The molecule has 0 saturated heterocycles. The fourth-order valence-electron chi connectivity index (χ4n) is 2.30. The van der Waals surface area contributed by atoms with E-state index in [-0.39, 0.29) is 0 Å². The van der Waals surface area contributed by atoms with Crippen molar-refractivity contribution in [1.29, 1.82) is 0 Å². The third-order valence-electron chi connectivity index (χ3n) is 3.34. The molecule has 2 heteroatoms. The van der Waals surface area contributed by atoms with Crippen LogP contribution in [0, 0.1) is 0 Å². The van der Waals surface area contributed by atoms with Gasteiger partial charge in [-0.3, -0.25) is 0 Å².